The first-order valence-corrected chi connectivity index (χ1v) is 12.8. The molecule has 0 aromatic carbocycles. The molecule has 2 aromatic heterocycles. The summed E-state index contributed by atoms with van der Waals surface area (Å²) in [7, 11) is -16.5. The van der Waals surface area contributed by atoms with Gasteiger partial charge in [-0.15, -0.1) is 0 Å². The van der Waals surface area contributed by atoms with Crippen LogP contribution in [0.2, 0.25) is 0 Å². The number of phosphoric acid groups is 3. The van der Waals surface area contributed by atoms with Crippen LogP contribution in [-0.2, 0) is 31.6 Å². The number of alkyl halides is 1. The molecule has 6 N–H and O–H groups in total. The highest BCUT2D eigenvalue weighted by Gasteiger charge is 2.49. The van der Waals surface area contributed by atoms with E-state index in [-0.39, 0.29) is 12.1 Å². The van der Waals surface area contributed by atoms with Gasteiger partial charge in [0.2, 0.25) is 0 Å². The second kappa shape index (κ2) is 8.25. The number of pyridine rings is 1. The summed E-state index contributed by atoms with van der Waals surface area (Å²) >= 11 is 0. The Morgan fingerprint density at radius 3 is 2.58 bits per heavy atom. The van der Waals surface area contributed by atoms with Gasteiger partial charge in [0.15, 0.2) is 17.5 Å². The van der Waals surface area contributed by atoms with Crippen molar-refractivity contribution in [1.29, 1.82) is 0 Å². The number of ether oxygens (including phenoxy) is 1. The van der Waals surface area contributed by atoms with E-state index in [4.69, 9.17) is 25.2 Å². The molecule has 0 bridgehead atoms. The molecule has 19 heteroatoms. The minimum atomic E-state index is -5.65. The molecular weight excluding hydrogens is 488 g/mol. The van der Waals surface area contributed by atoms with Crippen molar-refractivity contribution in [3.05, 3.63) is 18.6 Å². The molecule has 0 radical (unpaired) electrons. The molecule has 31 heavy (non-hydrogen) atoms. The van der Waals surface area contributed by atoms with Gasteiger partial charge in [-0.2, -0.15) is 8.62 Å². The Bertz CT molecular complexity index is 1120. The number of fused-ring (bicyclic) bond motifs is 1. The van der Waals surface area contributed by atoms with Crippen molar-refractivity contribution in [2.24, 2.45) is 0 Å². The maximum absolute atomic E-state index is 15.2. The summed E-state index contributed by atoms with van der Waals surface area (Å²) in [5, 5.41) is 0. The third kappa shape index (κ3) is 5.95. The smallest absolute Gasteiger partial charge is 0.397 e. The SMILES string of the molecule is C[C@@]1(F)C[C@@H](COP(=O)(O)OP(=O)(O)OP(=O)(O)O)O[C@H]1n1cnc2c(N)ccnc21. The average Bonchev–Trinajstić information content (AvgIpc) is 3.10. The van der Waals surface area contributed by atoms with Crippen LogP contribution in [0, 0.1) is 0 Å². The second-order valence-electron chi connectivity index (χ2n) is 6.70. The molecule has 174 valence electrons. The van der Waals surface area contributed by atoms with Gasteiger partial charge in [-0.3, -0.25) is 9.09 Å². The molecule has 3 rings (SSSR count). The number of nitrogen functional groups attached to an aromatic ring is 1. The number of phosphoric ester groups is 1. The Balaban J connectivity index is 1.69. The number of anilines is 1. The lowest BCUT2D eigenvalue weighted by molar-refractivity contribution is -0.0559. The van der Waals surface area contributed by atoms with Gasteiger partial charge < -0.3 is 30.0 Å². The first-order valence-electron chi connectivity index (χ1n) is 8.28. The van der Waals surface area contributed by atoms with Gasteiger partial charge in [-0.1, -0.05) is 0 Å². The van der Waals surface area contributed by atoms with Crippen LogP contribution in [0.25, 0.3) is 11.2 Å². The van der Waals surface area contributed by atoms with Gasteiger partial charge in [0, 0.05) is 12.6 Å². The van der Waals surface area contributed by atoms with Gasteiger partial charge in [0.25, 0.3) is 0 Å². The second-order valence-corrected chi connectivity index (χ2v) is 11.1. The Morgan fingerprint density at radius 2 is 1.94 bits per heavy atom. The zero-order chi connectivity index (χ0) is 23.2. The molecule has 1 aliphatic rings. The molecule has 0 saturated carbocycles. The van der Waals surface area contributed by atoms with Gasteiger partial charge in [0.1, 0.15) is 5.52 Å². The molecule has 15 nitrogen and oxygen atoms in total. The predicted octanol–water partition coefficient (Wildman–Crippen LogP) is 1.37. The number of hydrogen-bond acceptors (Lipinski definition) is 10. The van der Waals surface area contributed by atoms with Crippen LogP contribution >= 0.6 is 23.5 Å². The third-order valence-electron chi connectivity index (χ3n) is 4.05. The molecule has 0 aliphatic carbocycles. The Labute approximate surface area is 173 Å². The fraction of sp³-hybridized carbons (Fsp3) is 0.500. The van der Waals surface area contributed by atoms with Crippen LogP contribution in [0.5, 0.6) is 0 Å². The van der Waals surface area contributed by atoms with E-state index < -0.39 is 48.1 Å². The first kappa shape index (κ1) is 24.4. The zero-order valence-electron chi connectivity index (χ0n) is 15.6. The molecule has 5 atom stereocenters. The summed E-state index contributed by atoms with van der Waals surface area (Å²) in [6, 6.07) is 1.51. The highest BCUT2D eigenvalue weighted by atomic mass is 31.3. The van der Waals surface area contributed by atoms with Crippen molar-refractivity contribution in [1.82, 2.24) is 14.5 Å². The van der Waals surface area contributed by atoms with Crippen molar-refractivity contribution < 1.29 is 55.5 Å². The lowest BCUT2D eigenvalue weighted by atomic mass is 10.0. The van der Waals surface area contributed by atoms with Crippen molar-refractivity contribution in [3.8, 4) is 0 Å². The maximum Gasteiger partial charge on any atom is 0.490 e. The van der Waals surface area contributed by atoms with Gasteiger partial charge in [0.05, 0.1) is 24.7 Å². The molecule has 3 heterocycles. The molecule has 1 aliphatic heterocycles. The molecule has 1 fully saturated rings. The summed E-state index contributed by atoms with van der Waals surface area (Å²) in [6.45, 7) is 0.433. The van der Waals surface area contributed by atoms with E-state index in [0.29, 0.717) is 11.2 Å². The standard InChI is InChI=1S/C12H18FN4O11P3/c1-12(13)4-7(5-25-30(21,22)28-31(23,24)27-29(18,19)20)26-11(12)17-6-16-9-8(14)2-3-15-10(9)17/h2-3,6-7,11H,4-5H2,1H3,(H2,14,15)(H,21,22)(H,23,24)(H2,18,19,20)/t7-,11+,12+/m0/s1. The Kier molecular flexibility index (Phi) is 6.48. The van der Waals surface area contributed by atoms with Gasteiger partial charge >= 0.3 is 23.5 Å². The number of halogens is 1. The fourth-order valence-corrected chi connectivity index (χ4v) is 6.03. The van der Waals surface area contributed by atoms with Crippen molar-refractivity contribution >= 4 is 40.3 Å². The molecule has 0 amide bonds. The highest BCUT2D eigenvalue weighted by molar-refractivity contribution is 7.66. The molecule has 0 spiro atoms. The van der Waals surface area contributed by atoms with Crippen LogP contribution in [0.4, 0.5) is 10.1 Å². The van der Waals surface area contributed by atoms with E-state index >= 15 is 4.39 Å². The van der Waals surface area contributed by atoms with E-state index in [9.17, 15) is 18.6 Å². The van der Waals surface area contributed by atoms with E-state index in [1.165, 1.54) is 30.1 Å². The Hall–Kier alpha value is -1.28. The lowest BCUT2D eigenvalue weighted by Crippen LogP contribution is -2.27. The van der Waals surface area contributed by atoms with Crippen LogP contribution in [-0.4, -0.2) is 52.5 Å². The molecule has 1 saturated heterocycles. The largest absolute Gasteiger partial charge is 0.490 e. The van der Waals surface area contributed by atoms with Gasteiger partial charge in [-0.25, -0.2) is 28.1 Å². The van der Waals surface area contributed by atoms with E-state index in [1.807, 2.05) is 0 Å². The minimum absolute atomic E-state index is 0.238. The first-order chi connectivity index (χ1) is 14.1. The average molecular weight is 506 g/mol. The number of imidazole rings is 1. The van der Waals surface area contributed by atoms with Crippen LogP contribution < -0.4 is 5.73 Å². The minimum Gasteiger partial charge on any atom is -0.397 e. The van der Waals surface area contributed by atoms with Gasteiger partial charge in [-0.05, 0) is 13.0 Å². The van der Waals surface area contributed by atoms with E-state index in [1.54, 1.807) is 0 Å². The Morgan fingerprint density at radius 1 is 1.26 bits per heavy atom. The van der Waals surface area contributed by atoms with Crippen LogP contribution in [0.3, 0.4) is 0 Å². The highest BCUT2D eigenvalue weighted by Crippen LogP contribution is 2.66. The number of nitrogens with zero attached hydrogens (tertiary/aromatic N) is 3. The predicted molar refractivity (Wildman–Crippen MR) is 99.8 cm³/mol. The number of hydrogen-bond donors (Lipinski definition) is 5. The van der Waals surface area contributed by atoms with Crippen molar-refractivity contribution in [2.45, 2.75) is 31.3 Å². The van der Waals surface area contributed by atoms with Crippen molar-refractivity contribution in [3.63, 3.8) is 0 Å². The fourth-order valence-electron chi connectivity index (χ4n) is 2.98. The number of aromatic nitrogens is 3. The summed E-state index contributed by atoms with van der Waals surface area (Å²) in [5.74, 6) is 0. The quantitative estimate of drug-likeness (QED) is 0.319. The molecule has 2 unspecified atom stereocenters. The summed E-state index contributed by atoms with van der Waals surface area (Å²) in [4.78, 5) is 43.8. The van der Waals surface area contributed by atoms with Crippen LogP contribution in [0.15, 0.2) is 18.6 Å². The maximum atomic E-state index is 15.2. The zero-order valence-corrected chi connectivity index (χ0v) is 18.3. The van der Waals surface area contributed by atoms with Crippen LogP contribution in [0.1, 0.15) is 19.6 Å². The van der Waals surface area contributed by atoms with E-state index in [0.717, 1.165) is 0 Å². The summed E-state index contributed by atoms with van der Waals surface area (Å²) in [5.41, 5.74) is 4.66. The lowest BCUT2D eigenvalue weighted by Gasteiger charge is -2.22. The topological polar surface area (TPSA) is 226 Å². The third-order valence-corrected chi connectivity index (χ3v) is 7.85. The summed E-state index contributed by atoms with van der Waals surface area (Å²) < 4.78 is 67.5. The monoisotopic (exact) mass is 506 g/mol. The molecular formula is C12H18FN4O11P3. The normalized spacial score (nSPS) is 28.5. The number of rotatable bonds is 8. The van der Waals surface area contributed by atoms with Crippen molar-refractivity contribution in [2.75, 3.05) is 12.3 Å². The molecule has 2 aromatic rings. The number of nitrogens with two attached hydrogens (primary N) is 1. The summed E-state index contributed by atoms with van der Waals surface area (Å²) in [6.07, 6.45) is -0.0474. The van der Waals surface area contributed by atoms with E-state index in [2.05, 4.69) is 23.1 Å².